The predicted molar refractivity (Wildman–Crippen MR) is 58.4 cm³/mol. The van der Waals surface area contributed by atoms with Crippen LogP contribution in [-0.4, -0.2) is 0 Å². The van der Waals surface area contributed by atoms with Crippen LogP contribution < -0.4 is 0 Å². The van der Waals surface area contributed by atoms with Crippen molar-refractivity contribution in [2.75, 3.05) is 0 Å². The maximum atomic E-state index is 3.66. The summed E-state index contributed by atoms with van der Waals surface area (Å²) >= 11 is 0. The monoisotopic (exact) mass is 182 g/mol. The van der Waals surface area contributed by atoms with Gasteiger partial charge in [-0.3, -0.25) is 0 Å². The molecule has 0 amide bonds. The van der Waals surface area contributed by atoms with Crippen LogP contribution in [0.1, 0.15) is 6.92 Å². The first-order valence-electron chi connectivity index (χ1n) is 5.32. The molecule has 0 nitrogen and oxygen atoms in total. The van der Waals surface area contributed by atoms with Crippen LogP contribution in [0.4, 0.5) is 0 Å². The Morgan fingerprint density at radius 2 is 1.79 bits per heavy atom. The molecule has 0 bridgehead atoms. The van der Waals surface area contributed by atoms with Gasteiger partial charge in [0.25, 0.3) is 0 Å². The molecular weight excluding hydrogens is 168 g/mol. The lowest BCUT2D eigenvalue weighted by Crippen LogP contribution is -2.15. The molecule has 1 saturated carbocycles. The lowest BCUT2D eigenvalue weighted by atomic mass is 9.82. The van der Waals surface area contributed by atoms with Crippen LogP contribution in [0.2, 0.25) is 0 Å². The Hall–Kier alpha value is -1.04. The van der Waals surface area contributed by atoms with Gasteiger partial charge in [-0.2, -0.15) is 0 Å². The van der Waals surface area contributed by atoms with Gasteiger partial charge in [-0.25, -0.2) is 0 Å². The fraction of sp³-hybridized carbons (Fsp3) is 0.357. The van der Waals surface area contributed by atoms with Gasteiger partial charge < -0.3 is 0 Å². The molecule has 3 rings (SSSR count). The SMILES string of the molecule is CC1=CC2[C]C3C=CC=CC3C2C=C1. The summed E-state index contributed by atoms with van der Waals surface area (Å²) in [5.74, 6) is 2.40. The van der Waals surface area contributed by atoms with E-state index in [0.29, 0.717) is 23.7 Å². The Kier molecular flexibility index (Phi) is 1.76. The molecule has 0 heteroatoms. The van der Waals surface area contributed by atoms with Crippen LogP contribution >= 0.6 is 0 Å². The lowest BCUT2D eigenvalue weighted by molar-refractivity contribution is 0.459. The van der Waals surface area contributed by atoms with Crippen LogP contribution in [0.3, 0.4) is 0 Å². The zero-order chi connectivity index (χ0) is 9.54. The molecule has 70 valence electrons. The third-order valence-corrected chi connectivity index (χ3v) is 3.45. The molecule has 14 heavy (non-hydrogen) atoms. The number of rotatable bonds is 0. The fourth-order valence-corrected chi connectivity index (χ4v) is 2.74. The highest BCUT2D eigenvalue weighted by Crippen LogP contribution is 2.46. The zero-order valence-electron chi connectivity index (χ0n) is 8.35. The van der Waals surface area contributed by atoms with Gasteiger partial charge in [0.2, 0.25) is 0 Å². The average molecular weight is 182 g/mol. The standard InChI is InChI=1S/C14H14/c1-10-6-7-14-12(8-10)9-11-4-2-3-5-13(11)14/h2-8,11-14H,1H3. The molecular formula is C14H14. The van der Waals surface area contributed by atoms with Crippen LogP contribution in [0.25, 0.3) is 0 Å². The van der Waals surface area contributed by atoms with Crippen molar-refractivity contribution in [3.63, 3.8) is 0 Å². The van der Waals surface area contributed by atoms with E-state index in [1.807, 2.05) is 0 Å². The van der Waals surface area contributed by atoms with Gasteiger partial charge in [0, 0.05) is 0 Å². The number of fused-ring (bicyclic) bond motifs is 3. The second-order valence-electron chi connectivity index (χ2n) is 4.41. The quantitative estimate of drug-likeness (QED) is 0.539. The van der Waals surface area contributed by atoms with E-state index in [2.05, 4.69) is 55.9 Å². The minimum Gasteiger partial charge on any atom is -0.0802 e. The van der Waals surface area contributed by atoms with E-state index in [4.69, 9.17) is 0 Å². The summed E-state index contributed by atoms with van der Waals surface area (Å²) in [7, 11) is 0. The van der Waals surface area contributed by atoms with E-state index in [0.717, 1.165) is 0 Å². The second-order valence-corrected chi connectivity index (χ2v) is 4.41. The van der Waals surface area contributed by atoms with Gasteiger partial charge in [-0.15, -0.1) is 0 Å². The molecule has 0 saturated heterocycles. The van der Waals surface area contributed by atoms with Gasteiger partial charge in [-0.1, -0.05) is 48.1 Å². The van der Waals surface area contributed by atoms with E-state index in [-0.39, 0.29) is 0 Å². The Bertz CT molecular complexity index is 354. The highest BCUT2D eigenvalue weighted by atomic mass is 14.4. The molecule has 2 radical (unpaired) electrons. The predicted octanol–water partition coefficient (Wildman–Crippen LogP) is 3.19. The molecule has 0 aromatic heterocycles. The van der Waals surface area contributed by atoms with E-state index in [9.17, 15) is 0 Å². The fourth-order valence-electron chi connectivity index (χ4n) is 2.74. The van der Waals surface area contributed by atoms with Gasteiger partial charge in [0.05, 0.1) is 0 Å². The zero-order valence-corrected chi connectivity index (χ0v) is 8.35. The van der Waals surface area contributed by atoms with Crippen molar-refractivity contribution in [2.45, 2.75) is 6.92 Å². The third-order valence-electron chi connectivity index (χ3n) is 3.45. The molecule has 1 fully saturated rings. The van der Waals surface area contributed by atoms with Crippen LogP contribution in [0.15, 0.2) is 48.1 Å². The second kappa shape index (κ2) is 2.98. The number of hydrogen-bond donors (Lipinski definition) is 0. The highest BCUT2D eigenvalue weighted by Gasteiger charge is 2.40. The van der Waals surface area contributed by atoms with E-state index in [1.165, 1.54) is 5.57 Å². The Balaban J connectivity index is 1.94. The van der Waals surface area contributed by atoms with Gasteiger partial charge in [0.15, 0.2) is 0 Å². The summed E-state index contributed by atoms with van der Waals surface area (Å²) in [5.41, 5.74) is 1.38. The van der Waals surface area contributed by atoms with Gasteiger partial charge in [0.1, 0.15) is 0 Å². The van der Waals surface area contributed by atoms with Crippen molar-refractivity contribution in [3.05, 3.63) is 54.5 Å². The van der Waals surface area contributed by atoms with Crippen molar-refractivity contribution >= 4 is 0 Å². The van der Waals surface area contributed by atoms with Crippen LogP contribution in [0, 0.1) is 30.1 Å². The van der Waals surface area contributed by atoms with Crippen LogP contribution in [0.5, 0.6) is 0 Å². The van der Waals surface area contributed by atoms with E-state index < -0.39 is 0 Å². The Labute approximate surface area is 85.7 Å². The third kappa shape index (κ3) is 1.13. The summed E-state index contributed by atoms with van der Waals surface area (Å²) in [6.45, 7) is 2.17. The Morgan fingerprint density at radius 3 is 2.71 bits per heavy atom. The first-order valence-corrected chi connectivity index (χ1v) is 5.32. The molecule has 4 unspecified atom stereocenters. The van der Waals surface area contributed by atoms with Crippen molar-refractivity contribution in [3.8, 4) is 0 Å². The summed E-state index contributed by atoms with van der Waals surface area (Å²) in [5, 5.41) is 0. The molecule has 3 aliphatic rings. The minimum absolute atomic E-state index is 0.543. The summed E-state index contributed by atoms with van der Waals surface area (Å²) < 4.78 is 0. The molecule has 0 spiro atoms. The smallest absolute Gasteiger partial charge is 0.00116 e. The van der Waals surface area contributed by atoms with Crippen molar-refractivity contribution < 1.29 is 0 Å². The lowest BCUT2D eigenvalue weighted by Gasteiger charge is -2.22. The molecule has 0 aromatic rings. The van der Waals surface area contributed by atoms with Crippen LogP contribution in [-0.2, 0) is 0 Å². The maximum Gasteiger partial charge on any atom is -0.00116 e. The maximum absolute atomic E-state index is 3.66. The van der Waals surface area contributed by atoms with Crippen molar-refractivity contribution in [1.29, 1.82) is 0 Å². The molecule has 3 aliphatic carbocycles. The number of hydrogen-bond acceptors (Lipinski definition) is 0. The molecule has 0 heterocycles. The first-order chi connectivity index (χ1) is 6.84. The van der Waals surface area contributed by atoms with Crippen molar-refractivity contribution in [2.24, 2.45) is 23.7 Å². The summed E-state index contributed by atoms with van der Waals surface area (Å²) in [6.07, 6.45) is 19.5. The Morgan fingerprint density at radius 1 is 1.00 bits per heavy atom. The normalized spacial score (nSPS) is 43.4. The largest absolute Gasteiger partial charge is 0.0802 e. The van der Waals surface area contributed by atoms with E-state index in [1.54, 1.807) is 0 Å². The van der Waals surface area contributed by atoms with Crippen molar-refractivity contribution in [1.82, 2.24) is 0 Å². The van der Waals surface area contributed by atoms with Gasteiger partial charge in [-0.05, 0) is 37.0 Å². The molecule has 4 atom stereocenters. The highest BCUT2D eigenvalue weighted by molar-refractivity contribution is 5.34. The van der Waals surface area contributed by atoms with E-state index >= 15 is 0 Å². The molecule has 0 aliphatic heterocycles. The molecule has 0 N–H and O–H groups in total. The topological polar surface area (TPSA) is 0 Å². The minimum atomic E-state index is 0.543. The summed E-state index contributed by atoms with van der Waals surface area (Å²) in [4.78, 5) is 0. The number of allylic oxidation sites excluding steroid dienone is 8. The molecule has 0 aromatic carbocycles. The first kappa shape index (κ1) is 8.28. The van der Waals surface area contributed by atoms with Gasteiger partial charge >= 0.3 is 0 Å². The summed E-state index contributed by atoms with van der Waals surface area (Å²) in [6, 6.07) is 0. The average Bonchev–Trinajstić information content (AvgIpc) is 2.54.